The number of aryl methyl sites for hydroxylation is 2. The first-order valence-electron chi connectivity index (χ1n) is 12.1. The Labute approximate surface area is 233 Å². The van der Waals surface area contributed by atoms with Crippen LogP contribution in [0, 0.1) is 13.8 Å². The predicted octanol–water partition coefficient (Wildman–Crippen LogP) is 6.81. The molecule has 10 heteroatoms. The van der Waals surface area contributed by atoms with E-state index in [1.807, 2.05) is 67.6 Å². The zero-order chi connectivity index (χ0) is 27.2. The minimum absolute atomic E-state index is 0.314. The maximum atomic E-state index is 10.8. The zero-order valence-electron chi connectivity index (χ0n) is 21.3. The first-order chi connectivity index (χ1) is 18.9. The number of rotatable bonds is 11. The van der Waals surface area contributed by atoms with E-state index in [2.05, 4.69) is 22.3 Å². The van der Waals surface area contributed by atoms with Crippen LogP contribution in [0.1, 0.15) is 22.0 Å². The number of carboxylic acids is 1. The summed E-state index contributed by atoms with van der Waals surface area (Å²) in [7, 11) is 0. The van der Waals surface area contributed by atoms with Gasteiger partial charge in [-0.25, -0.2) is 9.78 Å². The fourth-order valence-electron chi connectivity index (χ4n) is 3.77. The Kier molecular flexibility index (Phi) is 8.24. The number of benzene rings is 3. The Balaban J connectivity index is 1.33. The largest absolute Gasteiger partial charge is 0.487 e. The fraction of sp³-hybridized carbons (Fsp3) is 0.172. The topological polar surface area (TPSA) is 108 Å². The van der Waals surface area contributed by atoms with E-state index >= 15 is 0 Å². The van der Waals surface area contributed by atoms with Crippen molar-refractivity contribution >= 4 is 29.1 Å². The summed E-state index contributed by atoms with van der Waals surface area (Å²) in [5.41, 5.74) is 3.64. The quantitative estimate of drug-likeness (QED) is 0.175. The SMILES string of the molecule is Cc1nc(-c2cccc(OCc3nc(-c4ccccc4)sc3CSc3ccc(OCC(=O)O)c(C)c3)c2)no1. The van der Waals surface area contributed by atoms with E-state index in [0.717, 1.165) is 37.2 Å². The van der Waals surface area contributed by atoms with Crippen LogP contribution >= 0.6 is 23.1 Å². The monoisotopic (exact) mass is 559 g/mol. The number of ether oxygens (including phenoxy) is 2. The molecule has 3 aromatic carbocycles. The van der Waals surface area contributed by atoms with Gasteiger partial charge in [-0.15, -0.1) is 23.1 Å². The maximum Gasteiger partial charge on any atom is 0.341 e. The Morgan fingerprint density at radius 3 is 2.54 bits per heavy atom. The molecule has 5 rings (SSSR count). The number of hydrogen-bond donors (Lipinski definition) is 1. The summed E-state index contributed by atoms with van der Waals surface area (Å²) in [6, 6.07) is 23.4. The zero-order valence-corrected chi connectivity index (χ0v) is 22.9. The molecule has 2 aromatic heterocycles. The predicted molar refractivity (Wildman–Crippen MR) is 150 cm³/mol. The molecule has 0 aliphatic rings. The van der Waals surface area contributed by atoms with Crippen LogP contribution in [-0.4, -0.2) is 32.8 Å². The van der Waals surface area contributed by atoms with Gasteiger partial charge in [0.05, 0.1) is 5.69 Å². The molecule has 39 heavy (non-hydrogen) atoms. The minimum Gasteiger partial charge on any atom is -0.487 e. The molecule has 0 amide bonds. The van der Waals surface area contributed by atoms with Gasteiger partial charge in [0.25, 0.3) is 0 Å². The van der Waals surface area contributed by atoms with Crippen LogP contribution in [-0.2, 0) is 17.2 Å². The van der Waals surface area contributed by atoms with Crippen molar-refractivity contribution in [3.8, 4) is 33.5 Å². The van der Waals surface area contributed by atoms with E-state index < -0.39 is 5.97 Å². The lowest BCUT2D eigenvalue weighted by molar-refractivity contribution is -0.139. The third-order valence-corrected chi connectivity index (χ3v) is 8.01. The van der Waals surface area contributed by atoms with Gasteiger partial charge in [-0.1, -0.05) is 47.6 Å². The van der Waals surface area contributed by atoms with Crippen LogP contribution < -0.4 is 9.47 Å². The number of thiazole rings is 1. The van der Waals surface area contributed by atoms with Crippen LogP contribution in [0.5, 0.6) is 11.5 Å². The Bertz CT molecular complexity index is 1580. The molecular formula is C29H25N3O5S2. The van der Waals surface area contributed by atoms with E-state index in [9.17, 15) is 4.79 Å². The molecule has 1 N–H and O–H groups in total. The van der Waals surface area contributed by atoms with Crippen LogP contribution in [0.25, 0.3) is 22.0 Å². The van der Waals surface area contributed by atoms with E-state index in [1.165, 1.54) is 0 Å². The van der Waals surface area contributed by atoms with Crippen LogP contribution in [0.2, 0.25) is 0 Å². The van der Waals surface area contributed by atoms with Crippen molar-refractivity contribution in [1.82, 2.24) is 15.1 Å². The Hall–Kier alpha value is -4.15. The summed E-state index contributed by atoms with van der Waals surface area (Å²) in [5.74, 6) is 1.99. The molecule has 5 aromatic rings. The molecule has 0 radical (unpaired) electrons. The summed E-state index contributed by atoms with van der Waals surface area (Å²) in [5, 5.41) is 13.8. The van der Waals surface area contributed by atoms with Crippen molar-refractivity contribution in [1.29, 1.82) is 0 Å². The molecular weight excluding hydrogens is 534 g/mol. The second kappa shape index (κ2) is 12.1. The number of carboxylic acid groups (broad SMARTS) is 1. The van der Waals surface area contributed by atoms with E-state index in [0.29, 0.717) is 35.6 Å². The molecule has 0 saturated heterocycles. The number of hydrogen-bond acceptors (Lipinski definition) is 9. The molecule has 0 saturated carbocycles. The summed E-state index contributed by atoms with van der Waals surface area (Å²) in [4.78, 5) is 22.2. The summed E-state index contributed by atoms with van der Waals surface area (Å²) >= 11 is 3.34. The van der Waals surface area contributed by atoms with Gasteiger partial charge in [-0.05, 0) is 42.8 Å². The first kappa shape index (κ1) is 26.5. The van der Waals surface area contributed by atoms with Crippen molar-refractivity contribution in [2.45, 2.75) is 31.1 Å². The third kappa shape index (κ3) is 6.84. The maximum absolute atomic E-state index is 10.8. The lowest BCUT2D eigenvalue weighted by atomic mass is 10.2. The summed E-state index contributed by atoms with van der Waals surface area (Å²) < 4.78 is 16.6. The number of aliphatic carboxylic acids is 1. The average Bonchev–Trinajstić information content (AvgIpc) is 3.57. The lowest BCUT2D eigenvalue weighted by Gasteiger charge is -2.09. The third-order valence-electron chi connectivity index (χ3n) is 5.66. The number of aromatic nitrogens is 3. The van der Waals surface area contributed by atoms with Gasteiger partial charge in [0.1, 0.15) is 23.1 Å². The van der Waals surface area contributed by atoms with Crippen LogP contribution in [0.4, 0.5) is 0 Å². The molecule has 0 spiro atoms. The molecule has 0 bridgehead atoms. The van der Waals surface area contributed by atoms with E-state index in [4.69, 9.17) is 24.1 Å². The summed E-state index contributed by atoms with van der Waals surface area (Å²) in [6.07, 6.45) is 0. The number of carbonyl (C=O) groups is 1. The normalized spacial score (nSPS) is 10.9. The van der Waals surface area contributed by atoms with Gasteiger partial charge in [-0.3, -0.25) is 0 Å². The molecule has 0 unspecified atom stereocenters. The molecule has 0 atom stereocenters. The number of nitrogens with zero attached hydrogens (tertiary/aromatic N) is 3. The smallest absolute Gasteiger partial charge is 0.341 e. The van der Waals surface area contributed by atoms with Gasteiger partial charge in [0, 0.05) is 33.6 Å². The highest BCUT2D eigenvalue weighted by Crippen LogP contribution is 2.35. The molecule has 198 valence electrons. The molecule has 2 heterocycles. The Morgan fingerprint density at radius 1 is 0.974 bits per heavy atom. The average molecular weight is 560 g/mol. The van der Waals surface area contributed by atoms with Crippen LogP contribution in [0.3, 0.4) is 0 Å². The van der Waals surface area contributed by atoms with Crippen molar-refractivity contribution in [2.24, 2.45) is 0 Å². The van der Waals surface area contributed by atoms with Crippen molar-refractivity contribution < 1.29 is 23.9 Å². The fourth-order valence-corrected chi connectivity index (χ4v) is 5.94. The van der Waals surface area contributed by atoms with Gasteiger partial charge >= 0.3 is 5.97 Å². The highest BCUT2D eigenvalue weighted by atomic mass is 32.2. The highest BCUT2D eigenvalue weighted by Gasteiger charge is 2.15. The molecule has 0 fully saturated rings. The minimum atomic E-state index is -1.00. The number of thioether (sulfide) groups is 1. The van der Waals surface area contributed by atoms with Gasteiger partial charge < -0.3 is 19.1 Å². The second-order valence-corrected chi connectivity index (χ2v) is 10.7. The van der Waals surface area contributed by atoms with Crippen LogP contribution in [0.15, 0.2) is 82.2 Å². The van der Waals surface area contributed by atoms with Gasteiger partial charge in [0.15, 0.2) is 6.61 Å². The second-order valence-electron chi connectivity index (χ2n) is 8.61. The van der Waals surface area contributed by atoms with Crippen molar-refractivity contribution in [2.75, 3.05) is 6.61 Å². The molecule has 8 nitrogen and oxygen atoms in total. The lowest BCUT2D eigenvalue weighted by Crippen LogP contribution is -2.09. The van der Waals surface area contributed by atoms with Crippen molar-refractivity contribution in [3.63, 3.8) is 0 Å². The Morgan fingerprint density at radius 2 is 1.79 bits per heavy atom. The molecule has 0 aliphatic heterocycles. The highest BCUT2D eigenvalue weighted by molar-refractivity contribution is 7.98. The van der Waals surface area contributed by atoms with Gasteiger partial charge in [-0.2, -0.15) is 4.98 Å². The van der Waals surface area contributed by atoms with E-state index in [1.54, 1.807) is 30.0 Å². The van der Waals surface area contributed by atoms with Gasteiger partial charge in [0.2, 0.25) is 11.7 Å². The standard InChI is InChI=1S/C29H25N3O5S2/c1-18-13-23(11-12-25(18)36-16-27(33)34)38-17-26-24(31-29(39-26)20-7-4-3-5-8-20)15-35-22-10-6-9-21(14-22)28-30-19(2)37-32-28/h3-14H,15-17H2,1-2H3,(H,33,34). The van der Waals surface area contributed by atoms with E-state index in [-0.39, 0.29) is 6.61 Å². The van der Waals surface area contributed by atoms with Crippen molar-refractivity contribution in [3.05, 3.63) is 94.8 Å². The molecule has 0 aliphatic carbocycles. The summed E-state index contributed by atoms with van der Waals surface area (Å²) in [6.45, 7) is 3.61. The first-order valence-corrected chi connectivity index (χ1v) is 13.9.